The zero-order valence-corrected chi connectivity index (χ0v) is 15.2. The van der Waals surface area contributed by atoms with E-state index >= 15 is 0 Å². The number of carbonyl (C=O) groups is 2. The Labute approximate surface area is 157 Å². The van der Waals surface area contributed by atoms with E-state index in [9.17, 15) is 22.8 Å². The van der Waals surface area contributed by atoms with Crippen molar-refractivity contribution in [3.8, 4) is 0 Å². The summed E-state index contributed by atoms with van der Waals surface area (Å²) < 4.78 is 43.7. The average molecular weight is 402 g/mol. The van der Waals surface area contributed by atoms with Crippen molar-refractivity contribution in [2.24, 2.45) is 11.1 Å². The summed E-state index contributed by atoms with van der Waals surface area (Å²) in [6, 6.07) is 3.43. The quantitative estimate of drug-likeness (QED) is 0.439. The number of oxime groups is 1. The molecule has 1 fully saturated rings. The highest BCUT2D eigenvalue weighted by atomic mass is 32.1. The molecule has 1 aromatic heterocycles. The number of rotatable bonds is 4. The Hall–Kier alpha value is -2.36. The molecule has 27 heavy (non-hydrogen) atoms. The summed E-state index contributed by atoms with van der Waals surface area (Å²) in [6.07, 6.45) is -2.30. The number of alkyl halides is 3. The number of thiophene rings is 1. The number of hydrogen-bond donors (Lipinski definition) is 0. The summed E-state index contributed by atoms with van der Waals surface area (Å²) in [4.78, 5) is 30.0. The second kappa shape index (κ2) is 7.71. The molecule has 0 unspecified atom stereocenters. The highest BCUT2D eigenvalue weighted by molar-refractivity contribution is 7.17. The minimum atomic E-state index is -4.76. The van der Waals surface area contributed by atoms with Gasteiger partial charge < -0.3 is 14.5 Å². The lowest BCUT2D eigenvalue weighted by molar-refractivity contribution is -0.148. The van der Waals surface area contributed by atoms with Crippen LogP contribution in [0.3, 0.4) is 0 Å². The Balaban J connectivity index is 1.68. The lowest BCUT2D eigenvalue weighted by Gasteiger charge is -2.31. The molecule has 0 aliphatic carbocycles. The van der Waals surface area contributed by atoms with E-state index in [1.165, 1.54) is 11.3 Å². The van der Waals surface area contributed by atoms with Crippen LogP contribution in [0.1, 0.15) is 24.6 Å². The van der Waals surface area contributed by atoms with Crippen molar-refractivity contribution in [2.75, 3.05) is 24.6 Å². The van der Waals surface area contributed by atoms with Crippen LogP contribution in [0.2, 0.25) is 0 Å². The average Bonchev–Trinajstić information content (AvgIpc) is 3.23. The van der Waals surface area contributed by atoms with Gasteiger partial charge in [0, 0.05) is 18.0 Å². The maximum atomic E-state index is 12.9. The Morgan fingerprint density at radius 2 is 2.11 bits per heavy atom. The van der Waals surface area contributed by atoms with Gasteiger partial charge in [-0.2, -0.15) is 13.2 Å². The molecule has 0 aromatic carbocycles. The summed E-state index contributed by atoms with van der Waals surface area (Å²) in [5, 5.41) is 3.69. The first-order chi connectivity index (χ1) is 12.8. The minimum absolute atomic E-state index is 0.124. The van der Waals surface area contributed by atoms with E-state index in [0.717, 1.165) is 11.1 Å². The first kappa shape index (κ1) is 19.4. The molecule has 0 spiro atoms. The highest BCUT2D eigenvalue weighted by Gasteiger charge is 2.45. The van der Waals surface area contributed by atoms with E-state index in [0.29, 0.717) is 37.4 Å². The molecule has 2 aliphatic heterocycles. The van der Waals surface area contributed by atoms with Gasteiger partial charge in [0.2, 0.25) is 0 Å². The summed E-state index contributed by atoms with van der Waals surface area (Å²) >= 11 is 1.26. The molecule has 0 saturated carbocycles. The van der Waals surface area contributed by atoms with Gasteiger partial charge in [-0.05, 0) is 38.0 Å². The predicted octanol–water partition coefficient (Wildman–Crippen LogP) is 3.39. The fraction of sp³-hybridized carbons (Fsp3) is 0.471. The first-order valence-electron chi connectivity index (χ1n) is 8.39. The number of ether oxygens (including phenoxy) is 1. The van der Waals surface area contributed by atoms with Gasteiger partial charge in [0.05, 0.1) is 23.1 Å². The molecule has 1 aromatic rings. The topological polar surface area (TPSA) is 68.2 Å². The summed E-state index contributed by atoms with van der Waals surface area (Å²) in [6.45, 7) is 3.42. The smallest absolute Gasteiger partial charge is 0.437 e. The van der Waals surface area contributed by atoms with Crippen molar-refractivity contribution in [1.29, 1.82) is 0 Å². The monoisotopic (exact) mass is 402 g/mol. The molecule has 3 rings (SSSR count). The Kier molecular flexibility index (Phi) is 5.54. The molecule has 0 atom stereocenters. The maximum absolute atomic E-state index is 12.9. The largest absolute Gasteiger partial charge is 0.466 e. The van der Waals surface area contributed by atoms with Gasteiger partial charge in [-0.15, -0.1) is 11.3 Å². The number of piperidine rings is 1. The van der Waals surface area contributed by atoms with Gasteiger partial charge in [-0.1, -0.05) is 5.16 Å². The van der Waals surface area contributed by atoms with E-state index in [1.807, 2.05) is 0 Å². The van der Waals surface area contributed by atoms with Crippen molar-refractivity contribution < 1.29 is 32.3 Å². The molecular formula is C17H17F3N2O4S. The van der Waals surface area contributed by atoms with Crippen LogP contribution in [0, 0.1) is 5.92 Å². The first-order valence-corrected chi connectivity index (χ1v) is 9.21. The molecule has 2 aliphatic rings. The van der Waals surface area contributed by atoms with Crippen LogP contribution >= 0.6 is 11.3 Å². The lowest BCUT2D eigenvalue weighted by Crippen LogP contribution is -2.36. The predicted molar refractivity (Wildman–Crippen MR) is 93.4 cm³/mol. The van der Waals surface area contributed by atoms with Crippen molar-refractivity contribution in [2.45, 2.75) is 25.9 Å². The van der Waals surface area contributed by atoms with Gasteiger partial charge in [-0.3, -0.25) is 4.79 Å². The van der Waals surface area contributed by atoms with E-state index in [4.69, 9.17) is 4.74 Å². The van der Waals surface area contributed by atoms with Crippen LogP contribution in [-0.4, -0.2) is 43.5 Å². The second-order valence-corrected chi connectivity index (χ2v) is 7.16. The molecule has 10 heteroatoms. The Morgan fingerprint density at radius 3 is 2.74 bits per heavy atom. The van der Waals surface area contributed by atoms with Crippen molar-refractivity contribution in [1.82, 2.24) is 0 Å². The third-order valence-electron chi connectivity index (χ3n) is 4.29. The van der Waals surface area contributed by atoms with Crippen molar-refractivity contribution >= 4 is 40.1 Å². The Morgan fingerprint density at radius 1 is 1.41 bits per heavy atom. The van der Waals surface area contributed by atoms with E-state index in [2.05, 4.69) is 14.9 Å². The fourth-order valence-electron chi connectivity index (χ4n) is 2.94. The number of esters is 1. The van der Waals surface area contributed by atoms with Crippen LogP contribution in [0.4, 0.5) is 18.2 Å². The number of anilines is 1. The van der Waals surface area contributed by atoms with Gasteiger partial charge in [0.1, 0.15) is 0 Å². The van der Waals surface area contributed by atoms with Crippen LogP contribution in [0.5, 0.6) is 0 Å². The van der Waals surface area contributed by atoms with Crippen LogP contribution < -0.4 is 4.90 Å². The Bertz CT molecular complexity index is 792. The number of hydrogen-bond acceptors (Lipinski definition) is 7. The maximum Gasteiger partial charge on any atom is 0.437 e. The number of nitrogens with zero attached hydrogens (tertiary/aromatic N) is 2. The lowest BCUT2D eigenvalue weighted by atomic mass is 9.97. The molecular weight excluding hydrogens is 385 g/mol. The SMILES string of the molecule is CCOC(=O)C1CCN(c2ccc(/C=C3\C(=O)ON=C3C(F)(F)F)s2)CC1. The molecule has 6 nitrogen and oxygen atoms in total. The zero-order valence-electron chi connectivity index (χ0n) is 14.4. The third-order valence-corrected chi connectivity index (χ3v) is 5.38. The molecule has 0 bridgehead atoms. The van der Waals surface area contributed by atoms with E-state index < -0.39 is 23.4 Å². The van der Waals surface area contributed by atoms with Crippen LogP contribution in [-0.2, 0) is 19.2 Å². The second-order valence-electron chi connectivity index (χ2n) is 6.06. The standard InChI is InChI=1S/C17H17F3N2O4S/c1-2-25-15(23)10-5-7-22(8-6-10)13-4-3-11(27-13)9-12-14(17(18,19)20)21-26-16(12)24/h3-4,9-10H,2,5-8H2,1H3/b12-9-. The highest BCUT2D eigenvalue weighted by Crippen LogP contribution is 2.33. The van der Waals surface area contributed by atoms with Gasteiger partial charge >= 0.3 is 18.1 Å². The molecule has 0 amide bonds. The van der Waals surface area contributed by atoms with Crippen molar-refractivity contribution in [3.63, 3.8) is 0 Å². The van der Waals surface area contributed by atoms with Crippen LogP contribution in [0.25, 0.3) is 6.08 Å². The normalized spacial score (nSPS) is 20.0. The molecule has 146 valence electrons. The molecule has 0 radical (unpaired) electrons. The van der Waals surface area contributed by atoms with Gasteiger partial charge in [-0.25, -0.2) is 4.79 Å². The number of carbonyl (C=O) groups excluding carboxylic acids is 2. The minimum Gasteiger partial charge on any atom is -0.466 e. The summed E-state index contributed by atoms with van der Waals surface area (Å²) in [5.74, 6) is -1.43. The van der Waals surface area contributed by atoms with Gasteiger partial charge in [0.15, 0.2) is 5.71 Å². The van der Waals surface area contributed by atoms with E-state index in [-0.39, 0.29) is 11.9 Å². The summed E-state index contributed by atoms with van der Waals surface area (Å²) in [7, 11) is 0. The van der Waals surface area contributed by atoms with Crippen molar-refractivity contribution in [3.05, 3.63) is 22.6 Å². The van der Waals surface area contributed by atoms with Gasteiger partial charge in [0.25, 0.3) is 0 Å². The number of halogens is 3. The fourth-order valence-corrected chi connectivity index (χ4v) is 3.94. The summed E-state index contributed by atoms with van der Waals surface area (Å²) in [5.41, 5.74) is -1.92. The van der Waals surface area contributed by atoms with E-state index in [1.54, 1.807) is 19.1 Å². The third kappa shape index (κ3) is 4.32. The molecule has 1 saturated heterocycles. The molecule has 0 N–H and O–H groups in total. The zero-order chi connectivity index (χ0) is 19.6. The molecule has 3 heterocycles. The van der Waals surface area contributed by atoms with Crippen LogP contribution in [0.15, 0.2) is 22.9 Å².